The summed E-state index contributed by atoms with van der Waals surface area (Å²) in [7, 11) is 1.72. The van der Waals surface area contributed by atoms with Crippen molar-refractivity contribution in [2.24, 2.45) is 24.8 Å². The molecule has 2 fully saturated rings. The molecule has 2 aromatic carbocycles. The molecule has 0 radical (unpaired) electrons. The van der Waals surface area contributed by atoms with Crippen LogP contribution in [0.5, 0.6) is 0 Å². The zero-order valence-electron chi connectivity index (χ0n) is 20.1. The lowest BCUT2D eigenvalue weighted by atomic mass is 10.0. The van der Waals surface area contributed by atoms with Crippen LogP contribution in [0.15, 0.2) is 48.8 Å². The monoisotopic (exact) mass is 500 g/mol. The Morgan fingerprint density at radius 1 is 1.05 bits per heavy atom. The van der Waals surface area contributed by atoms with Crippen molar-refractivity contribution in [3.05, 3.63) is 66.0 Å². The lowest BCUT2D eigenvalue weighted by molar-refractivity contribution is -0.139. The Morgan fingerprint density at radius 2 is 1.84 bits per heavy atom. The summed E-state index contributed by atoms with van der Waals surface area (Å²) >= 11 is 0. The summed E-state index contributed by atoms with van der Waals surface area (Å²) < 4.78 is 32.3. The van der Waals surface area contributed by atoms with Gasteiger partial charge in [-0.15, -0.1) is 0 Å². The molecule has 10 heteroatoms. The van der Waals surface area contributed by atoms with E-state index in [0.29, 0.717) is 46.4 Å². The second-order valence-electron chi connectivity index (χ2n) is 10.0. The standard InChI is InChI=1S/C27H22F2N6O2/c1-13-7-14(28)8-17-24(16-4-5-21(29)25-20(16)10-33(2)31-25)32-35(26(13)17)15-3-6-22(30-9-15)34-11-18-19(12-34)23(18)27(36)37/h3-10,18-19,23H,11-12H2,1-2H3,(H,36,37)/t18-,19+,23?. The molecule has 1 saturated heterocycles. The maximum absolute atomic E-state index is 14.6. The molecule has 37 heavy (non-hydrogen) atoms. The number of hydrogen-bond acceptors (Lipinski definition) is 5. The van der Waals surface area contributed by atoms with Crippen LogP contribution in [0.1, 0.15) is 5.56 Å². The highest BCUT2D eigenvalue weighted by atomic mass is 19.1. The fraction of sp³-hybridized carbons (Fsp3) is 0.259. The molecular formula is C27H22F2N6O2. The molecule has 4 heterocycles. The van der Waals surface area contributed by atoms with Crippen LogP contribution in [-0.2, 0) is 11.8 Å². The number of halogens is 2. The summed E-state index contributed by atoms with van der Waals surface area (Å²) in [6.07, 6.45) is 3.45. The Balaban J connectivity index is 1.32. The molecule has 0 spiro atoms. The fourth-order valence-corrected chi connectivity index (χ4v) is 5.95. The number of aliphatic carboxylic acids is 1. The predicted molar refractivity (Wildman–Crippen MR) is 134 cm³/mol. The highest BCUT2D eigenvalue weighted by Crippen LogP contribution is 2.52. The molecule has 2 aliphatic rings. The highest BCUT2D eigenvalue weighted by Gasteiger charge is 2.60. The zero-order valence-corrected chi connectivity index (χ0v) is 20.1. The second-order valence-corrected chi connectivity index (χ2v) is 10.0. The number of anilines is 1. The van der Waals surface area contributed by atoms with Gasteiger partial charge in [0.2, 0.25) is 0 Å². The molecule has 0 bridgehead atoms. The van der Waals surface area contributed by atoms with Gasteiger partial charge in [-0.1, -0.05) is 0 Å². The van der Waals surface area contributed by atoms with Gasteiger partial charge in [0.1, 0.15) is 22.8 Å². The summed E-state index contributed by atoms with van der Waals surface area (Å²) in [5.74, 6) is -0.588. The van der Waals surface area contributed by atoms with Gasteiger partial charge in [0.15, 0.2) is 5.82 Å². The number of benzene rings is 2. The Kier molecular flexibility index (Phi) is 4.49. The lowest BCUT2D eigenvalue weighted by Gasteiger charge is -2.20. The molecule has 3 atom stereocenters. The molecule has 5 aromatic rings. The highest BCUT2D eigenvalue weighted by molar-refractivity contribution is 6.03. The molecule has 1 aliphatic carbocycles. The Morgan fingerprint density at radius 3 is 2.54 bits per heavy atom. The van der Waals surface area contributed by atoms with Crippen LogP contribution in [-0.4, -0.2) is 48.7 Å². The topological polar surface area (TPSA) is 89.1 Å². The third-order valence-electron chi connectivity index (χ3n) is 7.71. The summed E-state index contributed by atoms with van der Waals surface area (Å²) in [5, 5.41) is 19.6. The van der Waals surface area contributed by atoms with Crippen LogP contribution in [0.3, 0.4) is 0 Å². The van der Waals surface area contributed by atoms with E-state index in [1.165, 1.54) is 18.2 Å². The first-order valence-electron chi connectivity index (χ1n) is 12.1. The van der Waals surface area contributed by atoms with Crippen molar-refractivity contribution in [1.29, 1.82) is 0 Å². The number of aryl methyl sites for hydroxylation is 2. The van der Waals surface area contributed by atoms with E-state index in [4.69, 9.17) is 5.10 Å². The number of carboxylic acid groups (broad SMARTS) is 1. The number of aromatic nitrogens is 5. The number of hydrogen-bond donors (Lipinski definition) is 1. The maximum atomic E-state index is 14.6. The zero-order chi connectivity index (χ0) is 25.6. The predicted octanol–water partition coefficient (Wildman–Crippen LogP) is 4.33. The van der Waals surface area contributed by atoms with E-state index in [-0.39, 0.29) is 29.1 Å². The summed E-state index contributed by atoms with van der Waals surface area (Å²) in [4.78, 5) is 18.0. The molecule has 1 saturated carbocycles. The van der Waals surface area contributed by atoms with Gasteiger partial charge >= 0.3 is 5.97 Å². The van der Waals surface area contributed by atoms with E-state index in [1.807, 2.05) is 19.1 Å². The van der Waals surface area contributed by atoms with Crippen molar-refractivity contribution >= 4 is 33.6 Å². The summed E-state index contributed by atoms with van der Waals surface area (Å²) in [6.45, 7) is 3.20. The molecule has 1 unspecified atom stereocenters. The molecule has 0 amide bonds. The van der Waals surface area contributed by atoms with Gasteiger partial charge < -0.3 is 10.0 Å². The SMILES string of the molecule is Cc1cc(F)cc2c(-c3ccc(F)c4nn(C)cc34)nn(-c3ccc(N4C[C@@H]5C(C(=O)O)[C@@H]5C4)nc3)c12. The summed E-state index contributed by atoms with van der Waals surface area (Å²) in [6, 6.07) is 9.72. The van der Waals surface area contributed by atoms with E-state index in [2.05, 4.69) is 15.0 Å². The van der Waals surface area contributed by atoms with Crippen LogP contribution in [0.2, 0.25) is 0 Å². The van der Waals surface area contributed by atoms with Crippen LogP contribution < -0.4 is 4.90 Å². The quantitative estimate of drug-likeness (QED) is 0.395. The Labute approximate surface area is 209 Å². The summed E-state index contributed by atoms with van der Waals surface area (Å²) in [5.41, 5.74) is 3.56. The average molecular weight is 501 g/mol. The minimum absolute atomic E-state index is 0.189. The smallest absolute Gasteiger partial charge is 0.307 e. The lowest BCUT2D eigenvalue weighted by Crippen LogP contribution is -2.26. The second kappa shape index (κ2) is 7.58. The third kappa shape index (κ3) is 3.24. The molecule has 8 nitrogen and oxygen atoms in total. The molecule has 1 aliphatic heterocycles. The van der Waals surface area contributed by atoms with Crippen molar-refractivity contribution in [1.82, 2.24) is 24.5 Å². The van der Waals surface area contributed by atoms with Crippen molar-refractivity contribution in [3.8, 4) is 16.9 Å². The third-order valence-corrected chi connectivity index (χ3v) is 7.71. The van der Waals surface area contributed by atoms with Crippen LogP contribution >= 0.6 is 0 Å². The average Bonchev–Trinajstić information content (AvgIpc) is 3.20. The van der Waals surface area contributed by atoms with Crippen LogP contribution in [0.4, 0.5) is 14.6 Å². The molecule has 1 N–H and O–H groups in total. The van der Waals surface area contributed by atoms with Gasteiger partial charge in [0, 0.05) is 42.7 Å². The van der Waals surface area contributed by atoms with Gasteiger partial charge in [0.05, 0.1) is 23.3 Å². The number of pyridine rings is 1. The van der Waals surface area contributed by atoms with Gasteiger partial charge in [-0.25, -0.2) is 18.4 Å². The largest absolute Gasteiger partial charge is 0.481 e. The molecule has 7 rings (SSSR count). The fourth-order valence-electron chi connectivity index (χ4n) is 5.95. The number of carbonyl (C=O) groups is 1. The van der Waals surface area contributed by atoms with Gasteiger partial charge in [0.25, 0.3) is 0 Å². The van der Waals surface area contributed by atoms with E-state index in [0.717, 1.165) is 11.3 Å². The minimum Gasteiger partial charge on any atom is -0.481 e. The number of fused-ring (bicyclic) bond motifs is 3. The number of rotatable bonds is 4. The van der Waals surface area contributed by atoms with Crippen molar-refractivity contribution in [2.45, 2.75) is 6.92 Å². The van der Waals surface area contributed by atoms with Crippen molar-refractivity contribution < 1.29 is 18.7 Å². The van der Waals surface area contributed by atoms with Gasteiger partial charge in [-0.05, 0) is 60.7 Å². The number of nitrogens with zero attached hydrogens (tertiary/aromatic N) is 6. The maximum Gasteiger partial charge on any atom is 0.307 e. The van der Waals surface area contributed by atoms with Crippen LogP contribution in [0.25, 0.3) is 38.8 Å². The van der Waals surface area contributed by atoms with Crippen LogP contribution in [0, 0.1) is 36.3 Å². The Bertz CT molecular complexity index is 1730. The van der Waals surface area contributed by atoms with Crippen molar-refractivity contribution in [2.75, 3.05) is 18.0 Å². The van der Waals surface area contributed by atoms with E-state index < -0.39 is 11.8 Å². The normalized spacial score (nSPS) is 20.6. The van der Waals surface area contributed by atoms with E-state index >= 15 is 0 Å². The van der Waals surface area contributed by atoms with Crippen molar-refractivity contribution in [3.63, 3.8) is 0 Å². The van der Waals surface area contributed by atoms with E-state index in [1.54, 1.807) is 34.9 Å². The molecular weight excluding hydrogens is 478 g/mol. The first kappa shape index (κ1) is 21.9. The molecule has 3 aromatic heterocycles. The van der Waals surface area contributed by atoms with Gasteiger partial charge in [-0.3, -0.25) is 9.48 Å². The number of piperidine rings is 1. The molecule has 186 valence electrons. The number of carboxylic acids is 1. The first-order chi connectivity index (χ1) is 17.8. The van der Waals surface area contributed by atoms with Gasteiger partial charge in [-0.2, -0.15) is 10.2 Å². The Hall–Kier alpha value is -4.34. The first-order valence-corrected chi connectivity index (χ1v) is 12.1. The van der Waals surface area contributed by atoms with E-state index in [9.17, 15) is 18.7 Å². The minimum atomic E-state index is -0.712.